The Morgan fingerprint density at radius 1 is 1.16 bits per heavy atom. The Morgan fingerprint density at radius 3 is 2.64 bits per heavy atom. The maximum absolute atomic E-state index is 13.1. The lowest BCUT2D eigenvalue weighted by molar-refractivity contribution is 0.0707. The molecule has 0 aliphatic carbocycles. The van der Waals surface area contributed by atoms with Crippen LogP contribution >= 0.6 is 0 Å². The molecule has 1 aliphatic heterocycles. The maximum Gasteiger partial charge on any atom is 0.257 e. The van der Waals surface area contributed by atoms with Crippen molar-refractivity contribution in [1.29, 1.82) is 0 Å². The highest BCUT2D eigenvalue weighted by Crippen LogP contribution is 2.21. The molecule has 0 saturated carbocycles. The van der Waals surface area contributed by atoms with Gasteiger partial charge in [-0.1, -0.05) is 30.3 Å². The van der Waals surface area contributed by atoms with E-state index in [-0.39, 0.29) is 19.1 Å². The Labute approximate surface area is 147 Å². The highest BCUT2D eigenvalue weighted by atomic mass is 16.5. The molecule has 25 heavy (non-hydrogen) atoms. The van der Waals surface area contributed by atoms with Gasteiger partial charge in [0.05, 0.1) is 25.4 Å². The fraction of sp³-hybridized carbons (Fsp3) is 0.368. The van der Waals surface area contributed by atoms with Gasteiger partial charge in [0.25, 0.3) is 5.91 Å². The zero-order valence-corrected chi connectivity index (χ0v) is 14.2. The van der Waals surface area contributed by atoms with Crippen LogP contribution in [0.4, 0.5) is 5.82 Å². The van der Waals surface area contributed by atoms with Gasteiger partial charge in [-0.05, 0) is 17.7 Å². The van der Waals surface area contributed by atoms with Gasteiger partial charge in [-0.3, -0.25) is 4.79 Å². The average molecular weight is 341 g/mol. The van der Waals surface area contributed by atoms with Crippen LogP contribution < -0.4 is 4.90 Å². The Morgan fingerprint density at radius 2 is 1.92 bits per heavy atom. The second-order valence-corrected chi connectivity index (χ2v) is 5.91. The van der Waals surface area contributed by atoms with Crippen LogP contribution in [0.2, 0.25) is 0 Å². The van der Waals surface area contributed by atoms with E-state index in [4.69, 9.17) is 4.74 Å². The molecule has 3 rings (SSSR count). The fourth-order valence-electron chi connectivity index (χ4n) is 2.94. The van der Waals surface area contributed by atoms with Crippen LogP contribution in [-0.2, 0) is 11.3 Å². The minimum Gasteiger partial charge on any atom is -0.395 e. The Bertz CT molecular complexity index is 687. The molecule has 1 aliphatic rings. The van der Waals surface area contributed by atoms with Crippen LogP contribution in [0.5, 0.6) is 0 Å². The van der Waals surface area contributed by atoms with Gasteiger partial charge in [0.2, 0.25) is 0 Å². The molecule has 0 radical (unpaired) electrons. The molecule has 1 aromatic heterocycles. The van der Waals surface area contributed by atoms with Gasteiger partial charge in [-0.2, -0.15) is 0 Å². The summed E-state index contributed by atoms with van der Waals surface area (Å²) in [6, 6.07) is 13.4. The van der Waals surface area contributed by atoms with E-state index in [1.807, 2.05) is 30.3 Å². The lowest BCUT2D eigenvalue weighted by Gasteiger charge is -2.30. The topological polar surface area (TPSA) is 65.9 Å². The number of hydrogen-bond acceptors (Lipinski definition) is 5. The molecule has 0 atom stereocenters. The van der Waals surface area contributed by atoms with Crippen LogP contribution in [0, 0.1) is 0 Å². The minimum atomic E-state index is -0.118. The zero-order valence-electron chi connectivity index (χ0n) is 14.2. The number of rotatable bonds is 6. The monoisotopic (exact) mass is 341 g/mol. The Balaban J connectivity index is 1.84. The van der Waals surface area contributed by atoms with Crippen molar-refractivity contribution in [2.45, 2.75) is 6.54 Å². The molecule has 0 spiro atoms. The van der Waals surface area contributed by atoms with E-state index in [1.54, 1.807) is 23.2 Å². The van der Waals surface area contributed by atoms with E-state index in [0.717, 1.165) is 18.7 Å². The Kier molecular flexibility index (Phi) is 5.98. The number of carbonyl (C=O) groups is 1. The van der Waals surface area contributed by atoms with Crippen molar-refractivity contribution in [3.63, 3.8) is 0 Å². The van der Waals surface area contributed by atoms with Crippen molar-refractivity contribution in [1.82, 2.24) is 9.88 Å². The number of benzene rings is 1. The van der Waals surface area contributed by atoms with E-state index >= 15 is 0 Å². The second kappa shape index (κ2) is 8.60. The van der Waals surface area contributed by atoms with Gasteiger partial charge in [-0.15, -0.1) is 0 Å². The first-order valence-corrected chi connectivity index (χ1v) is 8.51. The van der Waals surface area contributed by atoms with Crippen LogP contribution in [0.3, 0.4) is 0 Å². The van der Waals surface area contributed by atoms with E-state index < -0.39 is 0 Å². The first-order chi connectivity index (χ1) is 12.3. The first kappa shape index (κ1) is 17.4. The SMILES string of the molecule is O=C(c1cccnc1N1CCOCC1)N(CCO)Cc1ccccc1. The van der Waals surface area contributed by atoms with Gasteiger partial charge < -0.3 is 19.6 Å². The summed E-state index contributed by atoms with van der Waals surface area (Å²) in [5.74, 6) is 0.569. The number of hydrogen-bond donors (Lipinski definition) is 1. The number of aliphatic hydroxyl groups excluding tert-OH is 1. The molecule has 1 saturated heterocycles. The molecular formula is C19H23N3O3. The quantitative estimate of drug-likeness (QED) is 0.864. The summed E-state index contributed by atoms with van der Waals surface area (Å²) in [5.41, 5.74) is 1.59. The third-order valence-corrected chi connectivity index (χ3v) is 4.20. The first-order valence-electron chi connectivity index (χ1n) is 8.51. The van der Waals surface area contributed by atoms with E-state index in [0.29, 0.717) is 31.1 Å². The predicted octanol–water partition coefficient (Wildman–Crippen LogP) is 1.55. The molecule has 6 nitrogen and oxygen atoms in total. The molecule has 1 amide bonds. The van der Waals surface area contributed by atoms with Crippen LogP contribution in [0.15, 0.2) is 48.7 Å². The molecule has 1 N–H and O–H groups in total. The predicted molar refractivity (Wildman–Crippen MR) is 95.5 cm³/mol. The van der Waals surface area contributed by atoms with E-state index in [1.165, 1.54) is 0 Å². The van der Waals surface area contributed by atoms with Crippen molar-refractivity contribution in [2.24, 2.45) is 0 Å². The normalized spacial score (nSPS) is 14.4. The molecule has 132 valence electrons. The van der Waals surface area contributed by atoms with Gasteiger partial charge in [0.1, 0.15) is 5.82 Å². The summed E-state index contributed by atoms with van der Waals surface area (Å²) >= 11 is 0. The minimum absolute atomic E-state index is 0.0777. The van der Waals surface area contributed by atoms with Crippen molar-refractivity contribution in [3.05, 3.63) is 59.8 Å². The van der Waals surface area contributed by atoms with Crippen molar-refractivity contribution in [3.8, 4) is 0 Å². The fourth-order valence-corrected chi connectivity index (χ4v) is 2.94. The number of carbonyl (C=O) groups excluding carboxylic acids is 1. The second-order valence-electron chi connectivity index (χ2n) is 5.91. The molecule has 0 unspecified atom stereocenters. The lowest BCUT2D eigenvalue weighted by Crippen LogP contribution is -2.39. The standard InChI is InChI=1S/C19H23N3O3/c23-12-9-22(15-16-5-2-1-3-6-16)19(24)17-7-4-8-20-18(17)21-10-13-25-14-11-21/h1-8,23H,9-15H2. The number of morpholine rings is 1. The number of aliphatic hydroxyl groups is 1. The van der Waals surface area contributed by atoms with Gasteiger partial charge in [0, 0.05) is 32.4 Å². The van der Waals surface area contributed by atoms with E-state index in [2.05, 4.69) is 9.88 Å². The van der Waals surface area contributed by atoms with Gasteiger partial charge in [-0.25, -0.2) is 4.98 Å². The summed E-state index contributed by atoms with van der Waals surface area (Å²) in [4.78, 5) is 21.3. The van der Waals surface area contributed by atoms with Crippen LogP contribution in [0.25, 0.3) is 0 Å². The maximum atomic E-state index is 13.1. The van der Waals surface area contributed by atoms with Crippen molar-refractivity contribution < 1.29 is 14.6 Å². The Hall–Kier alpha value is -2.44. The third-order valence-electron chi connectivity index (χ3n) is 4.20. The van der Waals surface area contributed by atoms with Crippen molar-refractivity contribution >= 4 is 11.7 Å². The average Bonchev–Trinajstić information content (AvgIpc) is 2.68. The molecule has 2 heterocycles. The lowest BCUT2D eigenvalue weighted by atomic mass is 10.1. The number of ether oxygens (including phenoxy) is 1. The summed E-state index contributed by atoms with van der Waals surface area (Å²) in [6.07, 6.45) is 1.70. The number of nitrogens with zero attached hydrogens (tertiary/aromatic N) is 3. The summed E-state index contributed by atoms with van der Waals surface area (Å²) < 4.78 is 5.39. The molecular weight excluding hydrogens is 318 g/mol. The molecule has 1 fully saturated rings. The summed E-state index contributed by atoms with van der Waals surface area (Å²) in [6.45, 7) is 3.36. The van der Waals surface area contributed by atoms with Crippen molar-refractivity contribution in [2.75, 3.05) is 44.4 Å². The summed E-state index contributed by atoms with van der Waals surface area (Å²) in [7, 11) is 0. The van der Waals surface area contributed by atoms with Gasteiger partial charge >= 0.3 is 0 Å². The smallest absolute Gasteiger partial charge is 0.257 e. The third kappa shape index (κ3) is 4.35. The number of pyridine rings is 1. The zero-order chi connectivity index (χ0) is 17.5. The number of anilines is 1. The number of amides is 1. The molecule has 0 bridgehead atoms. The number of aromatic nitrogens is 1. The summed E-state index contributed by atoms with van der Waals surface area (Å²) in [5, 5.41) is 9.39. The molecule has 2 aromatic rings. The highest BCUT2D eigenvalue weighted by Gasteiger charge is 2.23. The molecule has 1 aromatic carbocycles. The highest BCUT2D eigenvalue weighted by molar-refractivity contribution is 5.98. The van der Waals surface area contributed by atoms with E-state index in [9.17, 15) is 9.90 Å². The van der Waals surface area contributed by atoms with Crippen LogP contribution in [-0.4, -0.2) is 60.4 Å². The molecule has 6 heteroatoms. The van der Waals surface area contributed by atoms with Gasteiger partial charge in [0.15, 0.2) is 0 Å². The van der Waals surface area contributed by atoms with Crippen LogP contribution in [0.1, 0.15) is 15.9 Å². The largest absolute Gasteiger partial charge is 0.395 e.